The molecule has 0 saturated heterocycles. The van der Waals surface area contributed by atoms with E-state index in [4.69, 9.17) is 4.74 Å². The van der Waals surface area contributed by atoms with E-state index in [1.807, 2.05) is 36.4 Å². The van der Waals surface area contributed by atoms with Crippen LogP contribution in [0.3, 0.4) is 0 Å². The quantitative estimate of drug-likeness (QED) is 0.723. The average Bonchev–Trinajstić information content (AvgIpc) is 2.61. The standard InChI is InChI=1S/C19H23N3O3/c1-13(21-16-6-8-17(9-7-16)22-14(2)23)19(24)20-12-15-4-10-18(25-3)11-5-15/h4-11,13,21H,12H2,1-3H3,(H,20,24)(H,22,23)/t13-/m1/s1. The smallest absolute Gasteiger partial charge is 0.242 e. The number of amides is 2. The molecule has 0 aliphatic carbocycles. The van der Waals surface area contributed by atoms with E-state index in [1.165, 1.54) is 6.92 Å². The van der Waals surface area contributed by atoms with Gasteiger partial charge in [-0.25, -0.2) is 0 Å². The molecular formula is C19H23N3O3. The number of ether oxygens (including phenoxy) is 1. The van der Waals surface area contributed by atoms with Crippen LogP contribution in [0, 0.1) is 0 Å². The SMILES string of the molecule is COc1ccc(CNC(=O)[C@@H](C)Nc2ccc(NC(C)=O)cc2)cc1. The van der Waals surface area contributed by atoms with Gasteiger partial charge in [0.1, 0.15) is 11.8 Å². The van der Waals surface area contributed by atoms with Crippen LogP contribution in [0.1, 0.15) is 19.4 Å². The molecule has 6 nitrogen and oxygen atoms in total. The third-order valence-electron chi connectivity index (χ3n) is 3.61. The first-order valence-electron chi connectivity index (χ1n) is 8.03. The summed E-state index contributed by atoms with van der Waals surface area (Å²) >= 11 is 0. The molecule has 132 valence electrons. The Morgan fingerprint density at radius 2 is 1.60 bits per heavy atom. The fourth-order valence-corrected chi connectivity index (χ4v) is 2.25. The van der Waals surface area contributed by atoms with E-state index in [1.54, 1.807) is 26.2 Å². The van der Waals surface area contributed by atoms with Crippen molar-refractivity contribution in [2.24, 2.45) is 0 Å². The maximum Gasteiger partial charge on any atom is 0.242 e. The summed E-state index contributed by atoms with van der Waals surface area (Å²) < 4.78 is 5.11. The molecule has 2 aromatic carbocycles. The molecule has 25 heavy (non-hydrogen) atoms. The second-order valence-corrected chi connectivity index (χ2v) is 5.69. The molecule has 0 unspecified atom stereocenters. The van der Waals surface area contributed by atoms with Gasteiger partial charge in [0.05, 0.1) is 7.11 Å². The van der Waals surface area contributed by atoms with Gasteiger partial charge in [0.2, 0.25) is 11.8 Å². The number of benzene rings is 2. The second-order valence-electron chi connectivity index (χ2n) is 5.69. The Balaban J connectivity index is 1.83. The van der Waals surface area contributed by atoms with Crippen molar-refractivity contribution in [3.05, 3.63) is 54.1 Å². The number of hydrogen-bond acceptors (Lipinski definition) is 4. The Morgan fingerprint density at radius 3 is 2.16 bits per heavy atom. The topological polar surface area (TPSA) is 79.5 Å². The molecule has 0 aliphatic rings. The third kappa shape index (κ3) is 5.84. The zero-order chi connectivity index (χ0) is 18.2. The van der Waals surface area contributed by atoms with Crippen molar-refractivity contribution >= 4 is 23.2 Å². The molecule has 0 bridgehead atoms. The lowest BCUT2D eigenvalue weighted by Gasteiger charge is -2.16. The van der Waals surface area contributed by atoms with Crippen molar-refractivity contribution in [2.45, 2.75) is 26.4 Å². The maximum absolute atomic E-state index is 12.2. The van der Waals surface area contributed by atoms with Gasteiger partial charge in [0.15, 0.2) is 0 Å². The highest BCUT2D eigenvalue weighted by Crippen LogP contribution is 2.15. The predicted molar refractivity (Wildman–Crippen MR) is 98.7 cm³/mol. The highest BCUT2D eigenvalue weighted by molar-refractivity contribution is 5.89. The Morgan fingerprint density at radius 1 is 1.00 bits per heavy atom. The van der Waals surface area contributed by atoms with E-state index >= 15 is 0 Å². The van der Waals surface area contributed by atoms with Crippen LogP contribution >= 0.6 is 0 Å². The summed E-state index contributed by atoms with van der Waals surface area (Å²) in [6.07, 6.45) is 0. The lowest BCUT2D eigenvalue weighted by molar-refractivity contribution is -0.121. The molecule has 2 rings (SSSR count). The van der Waals surface area contributed by atoms with Gasteiger partial charge in [0, 0.05) is 24.8 Å². The highest BCUT2D eigenvalue weighted by Gasteiger charge is 2.12. The summed E-state index contributed by atoms with van der Waals surface area (Å²) in [6.45, 7) is 3.71. The summed E-state index contributed by atoms with van der Waals surface area (Å²) in [6, 6.07) is 14.4. The van der Waals surface area contributed by atoms with Crippen molar-refractivity contribution in [3.63, 3.8) is 0 Å². The molecule has 0 spiro atoms. The minimum absolute atomic E-state index is 0.0956. The fourth-order valence-electron chi connectivity index (χ4n) is 2.25. The second kappa shape index (κ2) is 8.73. The van der Waals surface area contributed by atoms with Crippen LogP contribution in [0.5, 0.6) is 5.75 Å². The van der Waals surface area contributed by atoms with Crippen molar-refractivity contribution in [1.29, 1.82) is 0 Å². The molecule has 0 radical (unpaired) electrons. The molecule has 0 fully saturated rings. The molecule has 0 aliphatic heterocycles. The van der Waals surface area contributed by atoms with E-state index in [2.05, 4.69) is 16.0 Å². The van der Waals surface area contributed by atoms with Crippen molar-refractivity contribution in [1.82, 2.24) is 5.32 Å². The maximum atomic E-state index is 12.2. The molecule has 2 amide bonds. The third-order valence-corrected chi connectivity index (χ3v) is 3.61. The summed E-state index contributed by atoms with van der Waals surface area (Å²) in [7, 11) is 1.62. The first-order valence-corrected chi connectivity index (χ1v) is 8.03. The van der Waals surface area contributed by atoms with Gasteiger partial charge in [-0.15, -0.1) is 0 Å². The minimum atomic E-state index is -0.384. The molecule has 3 N–H and O–H groups in total. The average molecular weight is 341 g/mol. The van der Waals surface area contributed by atoms with Crippen molar-refractivity contribution in [3.8, 4) is 5.75 Å². The summed E-state index contributed by atoms with van der Waals surface area (Å²) in [5, 5.41) is 8.73. The number of methoxy groups -OCH3 is 1. The fraction of sp³-hybridized carbons (Fsp3) is 0.263. The Kier molecular flexibility index (Phi) is 6.39. The lowest BCUT2D eigenvalue weighted by Crippen LogP contribution is -2.37. The van der Waals surface area contributed by atoms with Crippen LogP contribution in [0.2, 0.25) is 0 Å². The Bertz CT molecular complexity index is 712. The molecule has 2 aromatic rings. The monoisotopic (exact) mass is 341 g/mol. The molecule has 0 aromatic heterocycles. The molecule has 0 heterocycles. The summed E-state index contributed by atoms with van der Waals surface area (Å²) in [4.78, 5) is 23.2. The summed E-state index contributed by atoms with van der Waals surface area (Å²) in [5.41, 5.74) is 2.52. The van der Waals surface area contributed by atoms with Gasteiger partial charge in [-0.2, -0.15) is 0 Å². The van der Waals surface area contributed by atoms with E-state index in [0.29, 0.717) is 6.54 Å². The van der Waals surface area contributed by atoms with Gasteiger partial charge in [-0.1, -0.05) is 12.1 Å². The van der Waals surface area contributed by atoms with E-state index in [9.17, 15) is 9.59 Å². The Labute approximate surface area is 147 Å². The number of rotatable bonds is 7. The van der Waals surface area contributed by atoms with Crippen LogP contribution in [-0.4, -0.2) is 25.0 Å². The number of nitrogens with one attached hydrogen (secondary N) is 3. The van der Waals surface area contributed by atoms with Crippen LogP contribution in [-0.2, 0) is 16.1 Å². The van der Waals surface area contributed by atoms with Crippen molar-refractivity contribution in [2.75, 3.05) is 17.7 Å². The predicted octanol–water partition coefficient (Wildman–Crippen LogP) is 2.77. The number of carbonyl (C=O) groups excluding carboxylic acids is 2. The van der Waals surface area contributed by atoms with Crippen molar-refractivity contribution < 1.29 is 14.3 Å². The molecule has 0 saturated carbocycles. The van der Waals surface area contributed by atoms with E-state index < -0.39 is 0 Å². The molecule has 6 heteroatoms. The van der Waals surface area contributed by atoms with Gasteiger partial charge in [-0.05, 0) is 48.9 Å². The van der Waals surface area contributed by atoms with Gasteiger partial charge in [0.25, 0.3) is 0 Å². The number of carbonyl (C=O) groups is 2. The largest absolute Gasteiger partial charge is 0.497 e. The summed E-state index contributed by atoms with van der Waals surface area (Å²) in [5.74, 6) is 0.571. The van der Waals surface area contributed by atoms with Crippen LogP contribution in [0.25, 0.3) is 0 Å². The number of anilines is 2. The normalized spacial score (nSPS) is 11.3. The van der Waals surface area contributed by atoms with Gasteiger partial charge < -0.3 is 20.7 Å². The van der Waals surface area contributed by atoms with Crippen LogP contribution < -0.4 is 20.7 Å². The van der Waals surface area contributed by atoms with Crippen LogP contribution in [0.4, 0.5) is 11.4 Å². The Hall–Kier alpha value is -3.02. The zero-order valence-electron chi connectivity index (χ0n) is 14.6. The zero-order valence-corrected chi connectivity index (χ0v) is 14.6. The lowest BCUT2D eigenvalue weighted by atomic mass is 10.2. The van der Waals surface area contributed by atoms with Gasteiger partial charge in [-0.3, -0.25) is 9.59 Å². The highest BCUT2D eigenvalue weighted by atomic mass is 16.5. The van der Waals surface area contributed by atoms with Crippen LogP contribution in [0.15, 0.2) is 48.5 Å². The van der Waals surface area contributed by atoms with E-state index in [0.717, 1.165) is 22.7 Å². The number of hydrogen-bond donors (Lipinski definition) is 3. The van der Waals surface area contributed by atoms with E-state index in [-0.39, 0.29) is 17.9 Å². The first-order chi connectivity index (χ1) is 12.0. The van der Waals surface area contributed by atoms with Gasteiger partial charge >= 0.3 is 0 Å². The first kappa shape index (κ1) is 18.3. The molecule has 1 atom stereocenters. The minimum Gasteiger partial charge on any atom is -0.497 e. The molecular weight excluding hydrogens is 318 g/mol.